The highest BCUT2D eigenvalue weighted by atomic mass is 32.2. The quantitative estimate of drug-likeness (QED) is 0.561. The first-order valence-corrected chi connectivity index (χ1v) is 9.64. The van der Waals surface area contributed by atoms with Gasteiger partial charge in [0, 0.05) is 17.8 Å². The van der Waals surface area contributed by atoms with Gasteiger partial charge < -0.3 is 10.1 Å². The Balaban J connectivity index is 2.05. The molecule has 0 fully saturated rings. The van der Waals surface area contributed by atoms with Gasteiger partial charge in [0.15, 0.2) is 0 Å². The van der Waals surface area contributed by atoms with E-state index in [1.54, 1.807) is 32.0 Å². The zero-order chi connectivity index (χ0) is 19.9. The Kier molecular flexibility index (Phi) is 6.73. The van der Waals surface area contributed by atoms with E-state index in [1.807, 2.05) is 6.07 Å². The fourth-order valence-electron chi connectivity index (χ4n) is 2.13. The van der Waals surface area contributed by atoms with Gasteiger partial charge in [-0.1, -0.05) is 18.2 Å². The first-order chi connectivity index (χ1) is 12.8. The van der Waals surface area contributed by atoms with Crippen LogP contribution in [0.5, 0.6) is 0 Å². The first-order valence-electron chi connectivity index (χ1n) is 8.16. The number of para-hydroxylation sites is 1. The number of anilines is 2. The van der Waals surface area contributed by atoms with Crippen LogP contribution in [-0.2, 0) is 24.3 Å². The lowest BCUT2D eigenvalue weighted by Crippen LogP contribution is -2.14. The van der Waals surface area contributed by atoms with Gasteiger partial charge in [-0.3, -0.25) is 9.52 Å². The lowest BCUT2D eigenvalue weighted by atomic mass is 10.2. The summed E-state index contributed by atoms with van der Waals surface area (Å²) in [6.45, 7) is 3.69. The van der Waals surface area contributed by atoms with Gasteiger partial charge in [0.05, 0.1) is 17.2 Å². The van der Waals surface area contributed by atoms with Crippen LogP contribution >= 0.6 is 0 Å². The Hall–Kier alpha value is -3.13. The van der Waals surface area contributed by atoms with Crippen molar-refractivity contribution < 1.29 is 22.7 Å². The normalized spacial score (nSPS) is 11.2. The van der Waals surface area contributed by atoms with Gasteiger partial charge in [-0.05, 0) is 49.7 Å². The van der Waals surface area contributed by atoms with Gasteiger partial charge in [-0.2, -0.15) is 0 Å². The SMILES string of the molecule is CCOC(=O)/C=C/C(=O)Nc1ccc(S(=O)(=O)Nc2ccccc2C)cc1. The number of benzene rings is 2. The van der Waals surface area contributed by atoms with Crippen molar-refractivity contribution in [2.75, 3.05) is 16.6 Å². The van der Waals surface area contributed by atoms with Gasteiger partial charge >= 0.3 is 5.97 Å². The number of nitrogens with one attached hydrogen (secondary N) is 2. The molecule has 1 amide bonds. The van der Waals surface area contributed by atoms with Gasteiger partial charge in [0.2, 0.25) is 5.91 Å². The molecule has 0 heterocycles. The van der Waals surface area contributed by atoms with Crippen LogP contribution in [0.3, 0.4) is 0 Å². The minimum atomic E-state index is -3.75. The van der Waals surface area contributed by atoms with Crippen LogP contribution in [0.1, 0.15) is 12.5 Å². The molecule has 0 aliphatic carbocycles. The van der Waals surface area contributed by atoms with E-state index in [1.165, 1.54) is 24.3 Å². The van der Waals surface area contributed by atoms with Crippen LogP contribution in [0.15, 0.2) is 65.6 Å². The van der Waals surface area contributed by atoms with Crippen LogP contribution < -0.4 is 10.0 Å². The Morgan fingerprint density at radius 3 is 2.33 bits per heavy atom. The number of esters is 1. The van der Waals surface area contributed by atoms with E-state index >= 15 is 0 Å². The predicted octanol–water partition coefficient (Wildman–Crippen LogP) is 2.85. The van der Waals surface area contributed by atoms with Crippen molar-refractivity contribution in [1.82, 2.24) is 0 Å². The maximum absolute atomic E-state index is 12.5. The lowest BCUT2D eigenvalue weighted by molar-refractivity contribution is -0.137. The third-order valence-corrected chi connectivity index (χ3v) is 4.86. The van der Waals surface area contributed by atoms with Crippen molar-refractivity contribution in [3.63, 3.8) is 0 Å². The maximum atomic E-state index is 12.5. The Bertz CT molecular complexity index is 950. The number of rotatable bonds is 7. The molecule has 8 heteroatoms. The van der Waals surface area contributed by atoms with Gasteiger partial charge in [0.25, 0.3) is 10.0 Å². The molecule has 0 saturated carbocycles. The van der Waals surface area contributed by atoms with E-state index in [-0.39, 0.29) is 11.5 Å². The largest absolute Gasteiger partial charge is 0.463 e. The van der Waals surface area contributed by atoms with E-state index in [2.05, 4.69) is 14.8 Å². The van der Waals surface area contributed by atoms with Crippen molar-refractivity contribution in [3.05, 3.63) is 66.2 Å². The zero-order valence-corrected chi connectivity index (χ0v) is 15.7. The Morgan fingerprint density at radius 2 is 1.70 bits per heavy atom. The highest BCUT2D eigenvalue weighted by molar-refractivity contribution is 7.92. The van der Waals surface area contributed by atoms with Crippen LogP contribution in [0, 0.1) is 6.92 Å². The summed E-state index contributed by atoms with van der Waals surface area (Å²) in [5, 5.41) is 2.53. The predicted molar refractivity (Wildman–Crippen MR) is 103 cm³/mol. The summed E-state index contributed by atoms with van der Waals surface area (Å²) >= 11 is 0. The van der Waals surface area contributed by atoms with E-state index in [9.17, 15) is 18.0 Å². The van der Waals surface area contributed by atoms with E-state index in [4.69, 9.17) is 0 Å². The van der Waals surface area contributed by atoms with Gasteiger partial charge in [-0.15, -0.1) is 0 Å². The summed E-state index contributed by atoms with van der Waals surface area (Å²) < 4.78 is 32.1. The molecule has 2 aromatic rings. The number of sulfonamides is 1. The molecule has 7 nitrogen and oxygen atoms in total. The van der Waals surface area contributed by atoms with Crippen LogP contribution in [0.25, 0.3) is 0 Å². The third kappa shape index (κ3) is 5.96. The molecule has 142 valence electrons. The summed E-state index contributed by atoms with van der Waals surface area (Å²) in [4.78, 5) is 23.0. The van der Waals surface area contributed by atoms with Crippen LogP contribution in [-0.4, -0.2) is 26.9 Å². The van der Waals surface area contributed by atoms with Gasteiger partial charge in [0.1, 0.15) is 0 Å². The molecule has 0 spiro atoms. The standard InChI is InChI=1S/C19H20N2O5S/c1-3-26-19(23)13-12-18(22)20-15-8-10-16(11-9-15)27(24,25)21-17-7-5-4-6-14(17)2/h4-13,21H,3H2,1-2H3,(H,20,22)/b13-12+. The monoisotopic (exact) mass is 388 g/mol. The second-order valence-corrected chi connectivity index (χ2v) is 7.20. The van der Waals surface area contributed by atoms with Gasteiger partial charge in [-0.25, -0.2) is 13.2 Å². The zero-order valence-electron chi connectivity index (χ0n) is 14.9. The molecule has 0 bridgehead atoms. The maximum Gasteiger partial charge on any atom is 0.330 e. The Labute approximate surface area is 158 Å². The number of carbonyl (C=O) groups is 2. The molecular weight excluding hydrogens is 368 g/mol. The number of aryl methyl sites for hydroxylation is 1. The average Bonchev–Trinajstić information content (AvgIpc) is 2.62. The molecule has 0 saturated heterocycles. The van der Waals surface area contributed by atoms with Crippen molar-refractivity contribution in [2.24, 2.45) is 0 Å². The van der Waals surface area contributed by atoms with Crippen molar-refractivity contribution in [2.45, 2.75) is 18.7 Å². The van der Waals surface area contributed by atoms with Crippen molar-refractivity contribution in [1.29, 1.82) is 0 Å². The molecule has 0 atom stereocenters. The minimum Gasteiger partial charge on any atom is -0.463 e. The fraction of sp³-hybridized carbons (Fsp3) is 0.158. The molecule has 2 N–H and O–H groups in total. The second-order valence-electron chi connectivity index (χ2n) is 5.52. The number of amides is 1. The minimum absolute atomic E-state index is 0.0609. The molecule has 27 heavy (non-hydrogen) atoms. The number of hydrogen-bond acceptors (Lipinski definition) is 5. The third-order valence-electron chi connectivity index (χ3n) is 3.48. The highest BCUT2D eigenvalue weighted by Crippen LogP contribution is 2.20. The van der Waals surface area contributed by atoms with E-state index in [0.717, 1.165) is 17.7 Å². The molecule has 2 aromatic carbocycles. The topological polar surface area (TPSA) is 102 Å². The molecule has 0 aromatic heterocycles. The summed E-state index contributed by atoms with van der Waals surface area (Å²) in [5.74, 6) is -1.15. The molecule has 0 unspecified atom stereocenters. The van der Waals surface area contributed by atoms with Crippen molar-refractivity contribution >= 4 is 33.3 Å². The fourth-order valence-corrected chi connectivity index (χ4v) is 3.26. The smallest absolute Gasteiger partial charge is 0.330 e. The first kappa shape index (κ1) is 20.2. The van der Waals surface area contributed by atoms with Crippen LogP contribution in [0.2, 0.25) is 0 Å². The van der Waals surface area contributed by atoms with E-state index in [0.29, 0.717) is 11.4 Å². The molecule has 0 aliphatic rings. The Morgan fingerprint density at radius 1 is 1.04 bits per heavy atom. The number of carbonyl (C=O) groups excluding carboxylic acids is 2. The van der Waals surface area contributed by atoms with E-state index < -0.39 is 21.9 Å². The molecule has 0 aliphatic heterocycles. The van der Waals surface area contributed by atoms with Crippen molar-refractivity contribution in [3.8, 4) is 0 Å². The summed E-state index contributed by atoms with van der Waals surface area (Å²) in [5.41, 5.74) is 1.70. The summed E-state index contributed by atoms with van der Waals surface area (Å²) in [6.07, 6.45) is 2.06. The number of hydrogen-bond donors (Lipinski definition) is 2. The second kappa shape index (κ2) is 9.00. The molecule has 2 rings (SSSR count). The highest BCUT2D eigenvalue weighted by Gasteiger charge is 2.15. The molecular formula is C19H20N2O5S. The molecule has 0 radical (unpaired) electrons. The van der Waals surface area contributed by atoms with Crippen LogP contribution in [0.4, 0.5) is 11.4 Å². The number of ether oxygens (including phenoxy) is 1. The summed E-state index contributed by atoms with van der Waals surface area (Å²) in [7, 11) is -3.75. The lowest BCUT2D eigenvalue weighted by Gasteiger charge is -2.11. The average molecular weight is 388 g/mol. The summed E-state index contributed by atoms with van der Waals surface area (Å²) in [6, 6.07) is 12.7.